The normalized spacial score (nSPS) is 10.4. The summed E-state index contributed by atoms with van der Waals surface area (Å²) in [4.78, 5) is 11.1. The average Bonchev–Trinajstić information content (AvgIpc) is 2.46. The van der Waals surface area contributed by atoms with Gasteiger partial charge in [0.15, 0.2) is 0 Å². The molecule has 0 bridgehead atoms. The molecule has 2 rings (SSSR count). The Morgan fingerprint density at radius 1 is 1.14 bits per heavy atom. The minimum absolute atomic E-state index is 0.0830. The summed E-state index contributed by atoms with van der Waals surface area (Å²) in [6.45, 7) is -2.48. The van der Waals surface area contributed by atoms with Gasteiger partial charge in [-0.25, -0.2) is 4.79 Å². The van der Waals surface area contributed by atoms with E-state index in [9.17, 15) is 13.6 Å². The number of carboxylic acid groups (broad SMARTS) is 1. The van der Waals surface area contributed by atoms with Crippen LogP contribution in [-0.2, 0) is 6.54 Å². The number of aromatic carboxylic acids is 1. The Labute approximate surface area is 120 Å². The van der Waals surface area contributed by atoms with Crippen molar-refractivity contribution < 1.29 is 23.4 Å². The zero-order valence-electron chi connectivity index (χ0n) is 10.9. The molecule has 0 heterocycles. The molecule has 0 aliphatic carbocycles. The number of hydrogen-bond donors (Lipinski definition) is 2. The van der Waals surface area contributed by atoms with Crippen molar-refractivity contribution in [3.05, 3.63) is 59.7 Å². The van der Waals surface area contributed by atoms with Crippen molar-refractivity contribution in [1.29, 1.82) is 0 Å². The molecule has 21 heavy (non-hydrogen) atoms. The second-order valence-corrected chi connectivity index (χ2v) is 4.23. The fourth-order valence-corrected chi connectivity index (χ4v) is 1.81. The highest BCUT2D eigenvalue weighted by Gasteiger charge is 2.08. The Kier molecular flexibility index (Phi) is 4.71. The van der Waals surface area contributed by atoms with Crippen LogP contribution in [0.2, 0.25) is 0 Å². The molecular weight excluding hydrogens is 280 g/mol. The molecule has 2 aromatic carbocycles. The topological polar surface area (TPSA) is 58.6 Å². The molecule has 4 nitrogen and oxygen atoms in total. The van der Waals surface area contributed by atoms with Crippen molar-refractivity contribution in [2.24, 2.45) is 0 Å². The monoisotopic (exact) mass is 293 g/mol. The number of rotatable bonds is 6. The fourth-order valence-electron chi connectivity index (χ4n) is 1.81. The third-order valence-corrected chi connectivity index (χ3v) is 2.79. The van der Waals surface area contributed by atoms with Gasteiger partial charge in [0.2, 0.25) is 0 Å². The van der Waals surface area contributed by atoms with Gasteiger partial charge in [0.25, 0.3) is 0 Å². The molecule has 0 aromatic heterocycles. The first-order valence-electron chi connectivity index (χ1n) is 6.16. The van der Waals surface area contributed by atoms with Crippen molar-refractivity contribution in [2.75, 3.05) is 5.32 Å². The van der Waals surface area contributed by atoms with Gasteiger partial charge in [-0.2, -0.15) is 8.78 Å². The van der Waals surface area contributed by atoms with Crippen LogP contribution in [0.15, 0.2) is 48.5 Å². The molecule has 110 valence electrons. The Morgan fingerprint density at radius 3 is 2.43 bits per heavy atom. The third kappa shape index (κ3) is 4.17. The Bertz CT molecular complexity index is 615. The number of para-hydroxylation sites is 1. The van der Waals surface area contributed by atoms with E-state index in [1.807, 2.05) is 0 Å². The van der Waals surface area contributed by atoms with Gasteiger partial charge in [-0.05, 0) is 29.8 Å². The highest BCUT2D eigenvalue weighted by Crippen LogP contribution is 2.18. The number of ether oxygens (including phenoxy) is 1. The lowest BCUT2D eigenvalue weighted by atomic mass is 10.1. The Morgan fingerprint density at radius 2 is 1.81 bits per heavy atom. The van der Waals surface area contributed by atoms with Crippen molar-refractivity contribution in [1.82, 2.24) is 0 Å². The maximum atomic E-state index is 12.0. The maximum absolute atomic E-state index is 12.0. The van der Waals surface area contributed by atoms with Crippen LogP contribution < -0.4 is 10.1 Å². The van der Waals surface area contributed by atoms with Crippen LogP contribution in [0.25, 0.3) is 0 Å². The lowest BCUT2D eigenvalue weighted by Gasteiger charge is -2.10. The molecule has 0 radical (unpaired) electrons. The number of anilines is 1. The van der Waals surface area contributed by atoms with Gasteiger partial charge in [-0.15, -0.1) is 0 Å². The zero-order valence-corrected chi connectivity index (χ0v) is 10.9. The first kappa shape index (κ1) is 14.8. The number of hydrogen-bond acceptors (Lipinski definition) is 3. The van der Waals surface area contributed by atoms with Crippen molar-refractivity contribution in [2.45, 2.75) is 13.2 Å². The largest absolute Gasteiger partial charge is 0.478 e. The molecule has 0 fully saturated rings. The predicted molar refractivity (Wildman–Crippen MR) is 73.8 cm³/mol. The van der Waals surface area contributed by atoms with Gasteiger partial charge < -0.3 is 15.2 Å². The molecule has 0 saturated heterocycles. The van der Waals surface area contributed by atoms with E-state index < -0.39 is 12.6 Å². The summed E-state index contributed by atoms with van der Waals surface area (Å²) >= 11 is 0. The molecule has 0 saturated carbocycles. The van der Waals surface area contributed by atoms with Crippen LogP contribution in [-0.4, -0.2) is 17.7 Å². The van der Waals surface area contributed by atoms with Crippen LogP contribution in [0.1, 0.15) is 15.9 Å². The molecule has 2 aromatic rings. The summed E-state index contributed by atoms with van der Waals surface area (Å²) in [5, 5.41) is 12.1. The average molecular weight is 293 g/mol. The van der Waals surface area contributed by atoms with Crippen LogP contribution in [0.5, 0.6) is 5.75 Å². The van der Waals surface area contributed by atoms with E-state index in [1.54, 1.807) is 30.3 Å². The smallest absolute Gasteiger partial charge is 0.387 e. The first-order valence-corrected chi connectivity index (χ1v) is 6.16. The SMILES string of the molecule is O=C(O)c1ccccc1NCc1ccc(OC(F)F)cc1. The van der Waals surface area contributed by atoms with Gasteiger partial charge in [-0.1, -0.05) is 24.3 Å². The van der Waals surface area contributed by atoms with E-state index in [0.717, 1.165) is 5.56 Å². The Balaban J connectivity index is 2.02. The van der Waals surface area contributed by atoms with E-state index in [0.29, 0.717) is 12.2 Å². The molecule has 2 N–H and O–H groups in total. The van der Waals surface area contributed by atoms with E-state index in [1.165, 1.54) is 18.2 Å². The van der Waals surface area contributed by atoms with Gasteiger partial charge in [-0.3, -0.25) is 0 Å². The molecule has 0 aliphatic rings. The summed E-state index contributed by atoms with van der Waals surface area (Å²) in [5.41, 5.74) is 1.49. The third-order valence-electron chi connectivity index (χ3n) is 2.79. The van der Waals surface area contributed by atoms with Crippen molar-refractivity contribution in [3.63, 3.8) is 0 Å². The minimum atomic E-state index is -2.85. The number of halogens is 2. The lowest BCUT2D eigenvalue weighted by Crippen LogP contribution is -2.06. The fraction of sp³-hybridized carbons (Fsp3) is 0.133. The van der Waals surface area contributed by atoms with Crippen LogP contribution in [0.3, 0.4) is 0 Å². The zero-order chi connectivity index (χ0) is 15.2. The molecule has 0 aliphatic heterocycles. The van der Waals surface area contributed by atoms with Crippen molar-refractivity contribution in [3.8, 4) is 5.75 Å². The molecule has 0 amide bonds. The van der Waals surface area contributed by atoms with E-state index in [4.69, 9.17) is 5.11 Å². The summed E-state index contributed by atoms with van der Waals surface area (Å²) in [5.74, 6) is -0.932. The number of nitrogens with one attached hydrogen (secondary N) is 1. The number of carbonyl (C=O) groups is 1. The summed E-state index contributed by atoms with van der Waals surface area (Å²) in [6.07, 6.45) is 0. The summed E-state index contributed by atoms with van der Waals surface area (Å²) < 4.78 is 28.3. The lowest BCUT2D eigenvalue weighted by molar-refractivity contribution is -0.0498. The molecular formula is C15H13F2NO3. The molecule has 0 unspecified atom stereocenters. The molecule has 6 heteroatoms. The summed E-state index contributed by atoms with van der Waals surface area (Å²) in [6, 6.07) is 12.7. The van der Waals surface area contributed by atoms with Gasteiger partial charge in [0.1, 0.15) is 5.75 Å². The van der Waals surface area contributed by atoms with Crippen LogP contribution in [0.4, 0.5) is 14.5 Å². The number of benzene rings is 2. The predicted octanol–water partition coefficient (Wildman–Crippen LogP) is 3.60. The summed E-state index contributed by atoms with van der Waals surface area (Å²) in [7, 11) is 0. The van der Waals surface area contributed by atoms with E-state index in [2.05, 4.69) is 10.1 Å². The number of carboxylic acids is 1. The standard InChI is InChI=1S/C15H13F2NO3/c16-15(17)21-11-7-5-10(6-8-11)9-18-13-4-2-1-3-12(13)14(19)20/h1-8,15,18H,9H2,(H,19,20). The first-order chi connectivity index (χ1) is 10.1. The second kappa shape index (κ2) is 6.69. The van der Waals surface area contributed by atoms with Crippen molar-refractivity contribution >= 4 is 11.7 Å². The van der Waals surface area contributed by atoms with E-state index in [-0.39, 0.29) is 11.3 Å². The highest BCUT2D eigenvalue weighted by atomic mass is 19.3. The van der Waals surface area contributed by atoms with Gasteiger partial charge in [0.05, 0.1) is 5.56 Å². The minimum Gasteiger partial charge on any atom is -0.478 e. The molecule has 0 atom stereocenters. The van der Waals surface area contributed by atoms with E-state index >= 15 is 0 Å². The highest BCUT2D eigenvalue weighted by molar-refractivity contribution is 5.94. The van der Waals surface area contributed by atoms with Crippen LogP contribution in [0, 0.1) is 0 Å². The van der Waals surface area contributed by atoms with Gasteiger partial charge >= 0.3 is 12.6 Å². The Hall–Kier alpha value is -2.63. The second-order valence-electron chi connectivity index (χ2n) is 4.23. The quantitative estimate of drug-likeness (QED) is 0.854. The van der Waals surface area contributed by atoms with Crippen LogP contribution >= 0.6 is 0 Å². The van der Waals surface area contributed by atoms with Gasteiger partial charge in [0, 0.05) is 12.2 Å². The molecule has 0 spiro atoms. The maximum Gasteiger partial charge on any atom is 0.387 e. The number of alkyl halides is 2.